The summed E-state index contributed by atoms with van der Waals surface area (Å²) in [4.78, 5) is 5.28. The van der Waals surface area contributed by atoms with Crippen molar-refractivity contribution in [2.75, 3.05) is 6.54 Å². The highest BCUT2D eigenvalue weighted by Gasteiger charge is 2.00. The van der Waals surface area contributed by atoms with E-state index < -0.39 is 0 Å². The van der Waals surface area contributed by atoms with Gasteiger partial charge in [-0.1, -0.05) is 6.07 Å². The topological polar surface area (TPSA) is 50.9 Å². The molecular formula is C12H15N3S. The Morgan fingerprint density at radius 1 is 1.38 bits per heavy atom. The maximum atomic E-state index is 5.54. The molecule has 4 heteroatoms. The normalized spacial score (nSPS) is 12.9. The van der Waals surface area contributed by atoms with E-state index in [2.05, 4.69) is 34.8 Å². The third-order valence-corrected chi connectivity index (χ3v) is 3.35. The lowest BCUT2D eigenvalue weighted by molar-refractivity contribution is 0.703. The predicted molar refractivity (Wildman–Crippen MR) is 69.3 cm³/mol. The fraction of sp³-hybridized carbons (Fsp3) is 0.250. The maximum Gasteiger partial charge on any atom is 0.0346 e. The van der Waals surface area contributed by atoms with E-state index in [0.29, 0.717) is 12.6 Å². The van der Waals surface area contributed by atoms with Crippen LogP contribution in [0.3, 0.4) is 0 Å². The SMILES string of the molecule is CC(CN)NSc1ccc2cnccc2c1. The van der Waals surface area contributed by atoms with Gasteiger partial charge in [0.05, 0.1) is 0 Å². The summed E-state index contributed by atoms with van der Waals surface area (Å²) < 4.78 is 3.29. The second-order valence-corrected chi connectivity index (χ2v) is 4.65. The first-order valence-electron chi connectivity index (χ1n) is 5.26. The zero-order valence-corrected chi connectivity index (χ0v) is 10.00. The van der Waals surface area contributed by atoms with Crippen molar-refractivity contribution in [2.24, 2.45) is 5.73 Å². The van der Waals surface area contributed by atoms with E-state index in [1.165, 1.54) is 15.7 Å². The van der Waals surface area contributed by atoms with E-state index in [-0.39, 0.29) is 0 Å². The van der Waals surface area contributed by atoms with Gasteiger partial charge in [0.25, 0.3) is 0 Å². The molecule has 0 fully saturated rings. The number of fused-ring (bicyclic) bond motifs is 1. The second-order valence-electron chi connectivity index (χ2n) is 3.74. The van der Waals surface area contributed by atoms with Crippen LogP contribution in [-0.2, 0) is 0 Å². The van der Waals surface area contributed by atoms with Gasteiger partial charge in [0, 0.05) is 35.3 Å². The van der Waals surface area contributed by atoms with Crippen molar-refractivity contribution < 1.29 is 0 Å². The van der Waals surface area contributed by atoms with Gasteiger partial charge in [-0.15, -0.1) is 0 Å². The summed E-state index contributed by atoms with van der Waals surface area (Å²) in [7, 11) is 0. The van der Waals surface area contributed by atoms with Gasteiger partial charge in [-0.05, 0) is 42.5 Å². The summed E-state index contributed by atoms with van der Waals surface area (Å²) in [5, 5.41) is 2.38. The molecule has 3 N–H and O–H groups in total. The Balaban J connectivity index is 2.13. The molecule has 0 aliphatic heterocycles. The third-order valence-electron chi connectivity index (χ3n) is 2.34. The number of nitrogens with one attached hydrogen (secondary N) is 1. The van der Waals surface area contributed by atoms with Crippen LogP contribution in [0, 0.1) is 0 Å². The lowest BCUT2D eigenvalue weighted by atomic mass is 10.2. The molecule has 1 atom stereocenters. The van der Waals surface area contributed by atoms with Gasteiger partial charge >= 0.3 is 0 Å². The van der Waals surface area contributed by atoms with E-state index >= 15 is 0 Å². The molecule has 0 aliphatic rings. The van der Waals surface area contributed by atoms with Gasteiger partial charge in [-0.2, -0.15) is 0 Å². The molecule has 0 amide bonds. The Morgan fingerprint density at radius 2 is 2.25 bits per heavy atom. The molecule has 0 aliphatic carbocycles. The molecular weight excluding hydrogens is 218 g/mol. The molecule has 16 heavy (non-hydrogen) atoms. The fourth-order valence-electron chi connectivity index (χ4n) is 1.34. The highest BCUT2D eigenvalue weighted by atomic mass is 32.2. The second kappa shape index (κ2) is 5.30. The van der Waals surface area contributed by atoms with Crippen molar-refractivity contribution in [2.45, 2.75) is 17.9 Å². The number of nitrogens with two attached hydrogens (primary N) is 1. The number of pyridine rings is 1. The molecule has 2 aromatic rings. The largest absolute Gasteiger partial charge is 0.329 e. The van der Waals surface area contributed by atoms with Crippen molar-refractivity contribution in [1.29, 1.82) is 0 Å². The van der Waals surface area contributed by atoms with Crippen LogP contribution in [0.4, 0.5) is 0 Å². The van der Waals surface area contributed by atoms with Crippen molar-refractivity contribution in [3.8, 4) is 0 Å². The van der Waals surface area contributed by atoms with Crippen LogP contribution in [0.1, 0.15) is 6.92 Å². The zero-order chi connectivity index (χ0) is 11.4. The molecule has 0 saturated carbocycles. The average Bonchev–Trinajstić information content (AvgIpc) is 2.35. The van der Waals surface area contributed by atoms with Gasteiger partial charge in [0.15, 0.2) is 0 Å². The highest BCUT2D eigenvalue weighted by molar-refractivity contribution is 7.97. The van der Waals surface area contributed by atoms with Crippen molar-refractivity contribution in [1.82, 2.24) is 9.71 Å². The van der Waals surface area contributed by atoms with Crippen LogP contribution in [-0.4, -0.2) is 17.6 Å². The van der Waals surface area contributed by atoms with Crippen LogP contribution < -0.4 is 10.5 Å². The molecule has 2 rings (SSSR count). The highest BCUT2D eigenvalue weighted by Crippen LogP contribution is 2.21. The van der Waals surface area contributed by atoms with E-state index in [1.54, 1.807) is 11.9 Å². The maximum absolute atomic E-state index is 5.54. The first-order chi connectivity index (χ1) is 7.79. The Morgan fingerprint density at radius 3 is 3.06 bits per heavy atom. The number of hydrogen-bond acceptors (Lipinski definition) is 4. The van der Waals surface area contributed by atoms with Crippen LogP contribution in [0.2, 0.25) is 0 Å². The molecule has 3 nitrogen and oxygen atoms in total. The van der Waals surface area contributed by atoms with E-state index in [0.717, 1.165) is 0 Å². The quantitative estimate of drug-likeness (QED) is 0.795. The number of nitrogens with zero attached hydrogens (tertiary/aromatic N) is 1. The molecule has 1 aromatic heterocycles. The number of rotatable bonds is 4. The summed E-state index contributed by atoms with van der Waals surface area (Å²) in [5.41, 5.74) is 5.54. The van der Waals surface area contributed by atoms with E-state index in [4.69, 9.17) is 5.73 Å². The summed E-state index contributed by atoms with van der Waals surface area (Å²) in [6.45, 7) is 2.71. The Bertz CT molecular complexity index is 473. The monoisotopic (exact) mass is 233 g/mol. The number of benzene rings is 1. The molecule has 1 aromatic carbocycles. The Labute approximate surface area is 99.6 Å². The summed E-state index contributed by atoms with van der Waals surface area (Å²) in [5.74, 6) is 0. The first-order valence-corrected chi connectivity index (χ1v) is 6.07. The zero-order valence-electron chi connectivity index (χ0n) is 9.18. The van der Waals surface area contributed by atoms with Crippen LogP contribution in [0.25, 0.3) is 10.8 Å². The standard InChI is InChI=1S/C12H15N3S/c1-9(7-13)15-16-12-3-2-11-8-14-5-4-10(11)6-12/h2-6,8-9,15H,7,13H2,1H3. The minimum Gasteiger partial charge on any atom is -0.329 e. The average molecular weight is 233 g/mol. The van der Waals surface area contributed by atoms with E-state index in [1.807, 2.05) is 18.5 Å². The fourth-order valence-corrected chi connectivity index (χ4v) is 2.10. The molecule has 1 heterocycles. The van der Waals surface area contributed by atoms with E-state index in [9.17, 15) is 0 Å². The minimum absolute atomic E-state index is 0.318. The van der Waals surface area contributed by atoms with Crippen LogP contribution >= 0.6 is 11.9 Å². The van der Waals surface area contributed by atoms with Gasteiger partial charge < -0.3 is 5.73 Å². The molecule has 84 valence electrons. The smallest absolute Gasteiger partial charge is 0.0346 e. The summed E-state index contributed by atoms with van der Waals surface area (Å²) in [6.07, 6.45) is 3.69. The van der Waals surface area contributed by atoms with Gasteiger partial charge in [0.2, 0.25) is 0 Å². The lowest BCUT2D eigenvalue weighted by Gasteiger charge is -2.10. The van der Waals surface area contributed by atoms with Gasteiger partial charge in [-0.25, -0.2) is 0 Å². The summed E-state index contributed by atoms with van der Waals surface area (Å²) >= 11 is 1.62. The van der Waals surface area contributed by atoms with Crippen LogP contribution in [0.15, 0.2) is 41.6 Å². The number of hydrogen-bond donors (Lipinski definition) is 2. The minimum atomic E-state index is 0.318. The molecule has 1 unspecified atom stereocenters. The Hall–Kier alpha value is -1.10. The van der Waals surface area contributed by atoms with Crippen molar-refractivity contribution in [3.05, 3.63) is 36.7 Å². The molecule has 0 spiro atoms. The van der Waals surface area contributed by atoms with Gasteiger partial charge in [-0.3, -0.25) is 9.71 Å². The van der Waals surface area contributed by atoms with Crippen molar-refractivity contribution >= 4 is 22.7 Å². The molecule has 0 radical (unpaired) electrons. The number of aromatic nitrogens is 1. The molecule has 0 bridgehead atoms. The third kappa shape index (κ3) is 2.72. The van der Waals surface area contributed by atoms with Crippen molar-refractivity contribution in [3.63, 3.8) is 0 Å². The molecule has 0 saturated heterocycles. The lowest BCUT2D eigenvalue weighted by Crippen LogP contribution is -2.27. The predicted octanol–water partition coefficient (Wildman–Crippen LogP) is 2.18. The van der Waals surface area contributed by atoms with Crippen LogP contribution in [0.5, 0.6) is 0 Å². The van der Waals surface area contributed by atoms with Gasteiger partial charge in [0.1, 0.15) is 0 Å². The summed E-state index contributed by atoms with van der Waals surface area (Å²) in [6, 6.07) is 8.66. The Kier molecular flexibility index (Phi) is 3.77. The first kappa shape index (κ1) is 11.4.